The van der Waals surface area contributed by atoms with Crippen molar-refractivity contribution in [2.75, 3.05) is 6.61 Å². The molecule has 3 heteroatoms. The highest BCUT2D eigenvalue weighted by Gasteiger charge is 2.04. The molecule has 0 saturated heterocycles. The Balaban J connectivity index is 0.000000411. The monoisotopic (exact) mass is 250 g/mol. The molecule has 0 atom stereocenters. The van der Waals surface area contributed by atoms with Crippen molar-refractivity contribution in [3.05, 3.63) is 35.9 Å². The van der Waals surface area contributed by atoms with E-state index >= 15 is 0 Å². The van der Waals surface area contributed by atoms with Gasteiger partial charge in [-0.15, -0.1) is 0 Å². The van der Waals surface area contributed by atoms with Gasteiger partial charge < -0.3 is 9.53 Å². The molecule has 100 valence electrons. The lowest BCUT2D eigenvalue weighted by molar-refractivity contribution is -0.121. The lowest BCUT2D eigenvalue weighted by Gasteiger charge is -2.03. The molecule has 1 aromatic carbocycles. The summed E-state index contributed by atoms with van der Waals surface area (Å²) in [4.78, 5) is 20.3. The summed E-state index contributed by atoms with van der Waals surface area (Å²) in [6.45, 7) is 7.86. The van der Waals surface area contributed by atoms with E-state index in [4.69, 9.17) is 4.74 Å². The number of benzene rings is 1. The Morgan fingerprint density at radius 1 is 1.22 bits per heavy atom. The van der Waals surface area contributed by atoms with Gasteiger partial charge in [-0.05, 0) is 12.5 Å². The first kappa shape index (κ1) is 16.5. The number of ketones is 1. The van der Waals surface area contributed by atoms with Crippen LogP contribution < -0.4 is 0 Å². The molecule has 0 aliphatic rings. The van der Waals surface area contributed by atoms with E-state index in [0.29, 0.717) is 6.61 Å². The zero-order chi connectivity index (χ0) is 14.0. The molecular formula is C15H22O3. The number of Topliss-reactive ketones (excluding diaryl/α,β-unsaturated/α-hetero) is 1. The van der Waals surface area contributed by atoms with Crippen LogP contribution in [0.4, 0.5) is 0 Å². The van der Waals surface area contributed by atoms with Gasteiger partial charge in [-0.2, -0.15) is 0 Å². The summed E-state index contributed by atoms with van der Waals surface area (Å²) in [5.74, 6) is 0.0610. The van der Waals surface area contributed by atoms with Crippen LogP contribution in [-0.4, -0.2) is 18.7 Å². The lowest BCUT2D eigenvalue weighted by Crippen LogP contribution is -2.04. The van der Waals surface area contributed by atoms with Crippen LogP contribution in [0.3, 0.4) is 0 Å². The molecular weight excluding hydrogens is 228 g/mol. The van der Waals surface area contributed by atoms with Crippen LogP contribution in [0.1, 0.15) is 33.3 Å². The second kappa shape index (κ2) is 8.59. The quantitative estimate of drug-likeness (QED) is 0.771. The van der Waals surface area contributed by atoms with E-state index in [-0.39, 0.29) is 17.8 Å². The molecule has 0 aliphatic carbocycles. The van der Waals surface area contributed by atoms with Crippen LogP contribution in [0.15, 0.2) is 30.3 Å². The zero-order valence-corrected chi connectivity index (χ0v) is 11.6. The summed E-state index contributed by atoms with van der Waals surface area (Å²) < 4.78 is 5.13. The van der Waals surface area contributed by atoms with Gasteiger partial charge in [-0.3, -0.25) is 4.79 Å². The molecule has 0 spiro atoms. The molecule has 18 heavy (non-hydrogen) atoms. The minimum Gasteiger partial charge on any atom is -0.369 e. The average Bonchev–Trinajstić information content (AvgIpc) is 2.30. The Labute approximate surface area is 109 Å². The second-order valence-corrected chi connectivity index (χ2v) is 5.16. The third-order valence-electron chi connectivity index (χ3n) is 1.77. The zero-order valence-electron chi connectivity index (χ0n) is 11.6. The van der Waals surface area contributed by atoms with Crippen LogP contribution in [0.2, 0.25) is 0 Å². The first-order chi connectivity index (χ1) is 8.35. The molecule has 0 aromatic heterocycles. The fraction of sp³-hybridized carbons (Fsp3) is 0.467. The van der Waals surface area contributed by atoms with Crippen LogP contribution in [-0.2, 0) is 20.9 Å². The molecule has 0 bridgehead atoms. The maximum atomic E-state index is 10.5. The number of rotatable bonds is 4. The predicted molar refractivity (Wildman–Crippen MR) is 72.3 cm³/mol. The van der Waals surface area contributed by atoms with Gasteiger partial charge in [0.2, 0.25) is 0 Å². The lowest BCUT2D eigenvalue weighted by atomic mass is 10.0. The molecule has 0 amide bonds. The number of aldehydes is 1. The van der Waals surface area contributed by atoms with E-state index in [0.717, 1.165) is 11.8 Å². The normalized spacial score (nSPS) is 10.2. The molecule has 0 aliphatic heterocycles. The maximum absolute atomic E-state index is 10.5. The first-order valence-electron chi connectivity index (χ1n) is 5.92. The van der Waals surface area contributed by atoms with Crippen molar-refractivity contribution in [1.29, 1.82) is 0 Å². The van der Waals surface area contributed by atoms with Crippen LogP contribution in [0.5, 0.6) is 0 Å². The van der Waals surface area contributed by atoms with Gasteiger partial charge in [0.15, 0.2) is 5.78 Å². The topological polar surface area (TPSA) is 43.4 Å². The van der Waals surface area contributed by atoms with Gasteiger partial charge in [0.1, 0.15) is 12.9 Å². The minimum atomic E-state index is -0.139. The van der Waals surface area contributed by atoms with Gasteiger partial charge in [-0.25, -0.2) is 0 Å². The summed E-state index contributed by atoms with van der Waals surface area (Å²) in [5, 5.41) is 0. The summed E-state index contributed by atoms with van der Waals surface area (Å²) in [6.07, 6.45) is 0.938. The van der Waals surface area contributed by atoms with E-state index in [2.05, 4.69) is 0 Å². The number of carbonyl (C=O) groups is 2. The van der Waals surface area contributed by atoms with Crippen molar-refractivity contribution in [3.8, 4) is 0 Å². The van der Waals surface area contributed by atoms with Gasteiger partial charge >= 0.3 is 0 Å². The number of hydrogen-bond acceptors (Lipinski definition) is 3. The van der Waals surface area contributed by atoms with E-state index in [9.17, 15) is 9.59 Å². The molecule has 1 aromatic rings. The van der Waals surface area contributed by atoms with Crippen molar-refractivity contribution in [3.63, 3.8) is 0 Å². The predicted octanol–water partition coefficient (Wildman–Crippen LogP) is 3.02. The molecule has 0 unspecified atom stereocenters. The number of carbonyl (C=O) groups excluding carboxylic acids is 2. The summed E-state index contributed by atoms with van der Waals surface area (Å²) in [5.41, 5.74) is 0.957. The standard InChI is InChI=1S/C10H12O2.C5H10O/c1-9(11)7-12-8-10-5-3-2-4-6-10;1-5(2,3)4-6/h2-6H,7-8H2,1H3;4H,1-3H3. The second-order valence-electron chi connectivity index (χ2n) is 5.16. The molecule has 0 fully saturated rings. The van der Waals surface area contributed by atoms with Crippen molar-refractivity contribution < 1.29 is 14.3 Å². The maximum Gasteiger partial charge on any atom is 0.155 e. The van der Waals surface area contributed by atoms with Crippen LogP contribution in [0, 0.1) is 5.41 Å². The van der Waals surface area contributed by atoms with E-state index in [1.807, 2.05) is 51.1 Å². The highest BCUT2D eigenvalue weighted by Crippen LogP contribution is 2.05. The summed E-state index contributed by atoms with van der Waals surface area (Å²) in [6, 6.07) is 9.80. The van der Waals surface area contributed by atoms with Gasteiger partial charge in [0.05, 0.1) is 6.61 Å². The Kier molecular flexibility index (Phi) is 7.88. The van der Waals surface area contributed by atoms with Gasteiger partial charge in [0.25, 0.3) is 0 Å². The van der Waals surface area contributed by atoms with E-state index < -0.39 is 0 Å². The fourth-order valence-electron chi connectivity index (χ4n) is 0.887. The van der Waals surface area contributed by atoms with E-state index in [1.165, 1.54) is 6.92 Å². The van der Waals surface area contributed by atoms with E-state index in [1.54, 1.807) is 0 Å². The molecule has 1 rings (SSSR count). The Bertz CT molecular complexity index is 350. The van der Waals surface area contributed by atoms with Crippen molar-refractivity contribution in [2.24, 2.45) is 5.41 Å². The van der Waals surface area contributed by atoms with Crippen molar-refractivity contribution >= 4 is 12.1 Å². The van der Waals surface area contributed by atoms with Gasteiger partial charge in [0, 0.05) is 5.41 Å². The van der Waals surface area contributed by atoms with Crippen LogP contribution >= 0.6 is 0 Å². The fourth-order valence-corrected chi connectivity index (χ4v) is 0.887. The molecule has 3 nitrogen and oxygen atoms in total. The third-order valence-corrected chi connectivity index (χ3v) is 1.77. The Morgan fingerprint density at radius 3 is 2.11 bits per heavy atom. The third kappa shape index (κ3) is 11.0. The summed E-state index contributed by atoms with van der Waals surface area (Å²) >= 11 is 0. The van der Waals surface area contributed by atoms with Crippen molar-refractivity contribution in [1.82, 2.24) is 0 Å². The molecule has 0 radical (unpaired) electrons. The number of hydrogen-bond donors (Lipinski definition) is 0. The smallest absolute Gasteiger partial charge is 0.155 e. The first-order valence-corrected chi connectivity index (χ1v) is 5.92. The van der Waals surface area contributed by atoms with Crippen molar-refractivity contribution in [2.45, 2.75) is 34.3 Å². The summed E-state index contributed by atoms with van der Waals surface area (Å²) in [7, 11) is 0. The molecule has 0 N–H and O–H groups in total. The largest absolute Gasteiger partial charge is 0.369 e. The number of ether oxygens (including phenoxy) is 1. The minimum absolute atomic E-state index is 0.0610. The van der Waals surface area contributed by atoms with Gasteiger partial charge in [-0.1, -0.05) is 51.1 Å². The Hall–Kier alpha value is -1.48. The highest BCUT2D eigenvalue weighted by atomic mass is 16.5. The molecule has 0 heterocycles. The molecule has 0 saturated carbocycles. The average molecular weight is 250 g/mol. The highest BCUT2D eigenvalue weighted by molar-refractivity contribution is 5.76. The SMILES string of the molecule is CC(=O)COCc1ccccc1.CC(C)(C)C=O. The Morgan fingerprint density at radius 2 is 1.72 bits per heavy atom. The van der Waals surface area contributed by atoms with Crippen LogP contribution in [0.25, 0.3) is 0 Å².